The van der Waals surface area contributed by atoms with Crippen molar-refractivity contribution < 1.29 is 18.3 Å². The quantitative estimate of drug-likeness (QED) is 0.927. The monoisotopic (exact) mass is 298 g/mol. The molecule has 0 aliphatic carbocycles. The molecule has 0 aliphatic heterocycles. The number of benzene rings is 1. The van der Waals surface area contributed by atoms with Gasteiger partial charge >= 0.3 is 5.97 Å². The Morgan fingerprint density at radius 3 is 1.90 bits per heavy atom. The van der Waals surface area contributed by atoms with Crippen LogP contribution in [0.3, 0.4) is 0 Å². The molecule has 0 amide bonds. The van der Waals surface area contributed by atoms with Gasteiger partial charge < -0.3 is 5.11 Å². The van der Waals surface area contributed by atoms with Crippen molar-refractivity contribution in [2.45, 2.75) is 50.2 Å². The van der Waals surface area contributed by atoms with E-state index >= 15 is 0 Å². The molecule has 2 atom stereocenters. The summed E-state index contributed by atoms with van der Waals surface area (Å²) >= 11 is 0. The molecule has 0 heterocycles. The Labute approximate surface area is 120 Å². The lowest BCUT2D eigenvalue weighted by molar-refractivity contribution is -0.141. The predicted octanol–water partition coefficient (Wildman–Crippen LogP) is 2.87. The van der Waals surface area contributed by atoms with E-state index in [1.54, 1.807) is 24.3 Å². The minimum Gasteiger partial charge on any atom is -0.481 e. The summed E-state index contributed by atoms with van der Waals surface area (Å²) < 4.78 is 24.8. The van der Waals surface area contributed by atoms with Crippen LogP contribution >= 0.6 is 0 Å². The van der Waals surface area contributed by atoms with Crippen LogP contribution in [0.25, 0.3) is 0 Å². The SMILES string of the molecule is CC(C(=O)O)C(C)S(=O)(=O)c1ccc(C(C)(C)C)cc1. The van der Waals surface area contributed by atoms with E-state index in [1.807, 2.05) is 20.8 Å². The van der Waals surface area contributed by atoms with Gasteiger partial charge in [-0.1, -0.05) is 39.8 Å². The molecule has 0 fully saturated rings. The zero-order chi connectivity index (χ0) is 15.7. The summed E-state index contributed by atoms with van der Waals surface area (Å²) in [6.45, 7) is 8.99. The van der Waals surface area contributed by atoms with Gasteiger partial charge in [0.2, 0.25) is 0 Å². The third kappa shape index (κ3) is 3.39. The first-order valence-electron chi connectivity index (χ1n) is 6.55. The molecule has 0 aliphatic rings. The topological polar surface area (TPSA) is 71.4 Å². The Bertz CT molecular complexity index is 579. The van der Waals surface area contributed by atoms with E-state index in [1.165, 1.54) is 13.8 Å². The number of rotatable bonds is 4. The Kier molecular flexibility index (Phi) is 4.64. The zero-order valence-corrected chi connectivity index (χ0v) is 13.4. The minimum absolute atomic E-state index is 0.0533. The van der Waals surface area contributed by atoms with Crippen molar-refractivity contribution >= 4 is 15.8 Å². The van der Waals surface area contributed by atoms with Gasteiger partial charge in [0.1, 0.15) is 0 Å². The molecule has 1 N–H and O–H groups in total. The summed E-state index contributed by atoms with van der Waals surface area (Å²) in [5.41, 5.74) is 0.984. The van der Waals surface area contributed by atoms with Gasteiger partial charge in [-0.15, -0.1) is 0 Å². The van der Waals surface area contributed by atoms with Crippen molar-refractivity contribution in [3.05, 3.63) is 29.8 Å². The first-order chi connectivity index (χ1) is 8.98. The molecule has 1 aromatic rings. The lowest BCUT2D eigenvalue weighted by Gasteiger charge is -2.20. The van der Waals surface area contributed by atoms with Crippen molar-refractivity contribution in [2.75, 3.05) is 0 Å². The number of carboxylic acid groups (broad SMARTS) is 1. The van der Waals surface area contributed by atoms with Crippen molar-refractivity contribution in [3.8, 4) is 0 Å². The molecule has 0 spiro atoms. The molecule has 0 bridgehead atoms. The lowest BCUT2D eigenvalue weighted by atomic mass is 9.87. The number of hydrogen-bond acceptors (Lipinski definition) is 3. The smallest absolute Gasteiger partial charge is 0.307 e. The van der Waals surface area contributed by atoms with Crippen molar-refractivity contribution in [2.24, 2.45) is 5.92 Å². The second-order valence-electron chi connectivity index (χ2n) is 6.15. The highest BCUT2D eigenvalue weighted by molar-refractivity contribution is 7.92. The van der Waals surface area contributed by atoms with E-state index in [0.717, 1.165) is 5.56 Å². The Morgan fingerprint density at radius 2 is 1.55 bits per heavy atom. The Morgan fingerprint density at radius 1 is 1.10 bits per heavy atom. The predicted molar refractivity (Wildman–Crippen MR) is 78.6 cm³/mol. The van der Waals surface area contributed by atoms with Gasteiger partial charge in [-0.2, -0.15) is 0 Å². The van der Waals surface area contributed by atoms with Crippen LogP contribution < -0.4 is 0 Å². The molecule has 1 rings (SSSR count). The van der Waals surface area contributed by atoms with Crippen LogP contribution in [0.5, 0.6) is 0 Å². The third-order valence-corrected chi connectivity index (χ3v) is 5.95. The van der Waals surface area contributed by atoms with E-state index in [0.29, 0.717) is 0 Å². The Balaban J connectivity index is 3.14. The maximum absolute atomic E-state index is 12.4. The highest BCUT2D eigenvalue weighted by Gasteiger charge is 2.32. The standard InChI is InChI=1S/C15H22O4S/c1-10(14(16)17)11(2)20(18,19)13-8-6-12(7-9-13)15(3,4)5/h6-11H,1-5H3,(H,16,17). The fourth-order valence-corrected chi connectivity index (χ4v) is 3.43. The van der Waals surface area contributed by atoms with Gasteiger partial charge in [0.25, 0.3) is 0 Å². The normalized spacial score (nSPS) is 15.7. The van der Waals surface area contributed by atoms with Crippen LogP contribution in [0.4, 0.5) is 0 Å². The average Bonchev–Trinajstić information content (AvgIpc) is 2.35. The van der Waals surface area contributed by atoms with Crippen LogP contribution in [0.2, 0.25) is 0 Å². The number of aliphatic carboxylic acids is 1. The maximum Gasteiger partial charge on any atom is 0.307 e. The molecule has 1 aromatic carbocycles. The minimum atomic E-state index is -3.63. The van der Waals surface area contributed by atoms with Crippen LogP contribution in [-0.2, 0) is 20.0 Å². The van der Waals surface area contributed by atoms with E-state index in [2.05, 4.69) is 0 Å². The number of carbonyl (C=O) groups is 1. The second kappa shape index (κ2) is 5.56. The fourth-order valence-electron chi connectivity index (χ4n) is 1.83. The summed E-state index contributed by atoms with van der Waals surface area (Å²) in [6, 6.07) is 6.68. The summed E-state index contributed by atoms with van der Waals surface area (Å²) in [7, 11) is -3.63. The van der Waals surface area contributed by atoms with Crippen molar-refractivity contribution in [1.82, 2.24) is 0 Å². The van der Waals surface area contributed by atoms with Gasteiger partial charge in [-0.25, -0.2) is 8.42 Å². The van der Waals surface area contributed by atoms with Crippen LogP contribution in [0.15, 0.2) is 29.2 Å². The largest absolute Gasteiger partial charge is 0.481 e. The van der Waals surface area contributed by atoms with Crippen molar-refractivity contribution in [3.63, 3.8) is 0 Å². The van der Waals surface area contributed by atoms with Gasteiger partial charge in [0.15, 0.2) is 9.84 Å². The molecule has 0 saturated heterocycles. The Hall–Kier alpha value is -1.36. The first kappa shape index (κ1) is 16.7. The molecular formula is C15H22O4S. The molecule has 2 unspecified atom stereocenters. The van der Waals surface area contributed by atoms with Crippen LogP contribution in [0.1, 0.15) is 40.2 Å². The highest BCUT2D eigenvalue weighted by Crippen LogP contribution is 2.26. The van der Waals surface area contributed by atoms with E-state index in [4.69, 9.17) is 5.11 Å². The summed E-state index contributed by atoms with van der Waals surface area (Å²) in [5.74, 6) is -2.05. The number of hydrogen-bond donors (Lipinski definition) is 1. The zero-order valence-electron chi connectivity index (χ0n) is 12.5. The van der Waals surface area contributed by atoms with E-state index < -0.39 is 27.0 Å². The summed E-state index contributed by atoms with van der Waals surface area (Å²) in [4.78, 5) is 11.1. The van der Waals surface area contributed by atoms with Crippen LogP contribution in [-0.4, -0.2) is 24.7 Å². The lowest BCUT2D eigenvalue weighted by Crippen LogP contribution is -2.30. The number of sulfone groups is 1. The van der Waals surface area contributed by atoms with E-state index in [9.17, 15) is 13.2 Å². The summed E-state index contributed by atoms with van der Waals surface area (Å²) in [5, 5.41) is 7.99. The van der Waals surface area contributed by atoms with Gasteiger partial charge in [-0.05, 0) is 30.0 Å². The number of carboxylic acids is 1. The molecule has 4 nitrogen and oxygen atoms in total. The molecular weight excluding hydrogens is 276 g/mol. The average molecular weight is 298 g/mol. The molecule has 0 radical (unpaired) electrons. The summed E-state index contributed by atoms with van der Waals surface area (Å²) in [6.07, 6.45) is 0. The molecule has 0 aromatic heterocycles. The molecule has 112 valence electrons. The molecule has 5 heteroatoms. The van der Waals surface area contributed by atoms with Gasteiger partial charge in [-0.3, -0.25) is 4.79 Å². The third-order valence-electron chi connectivity index (χ3n) is 3.63. The van der Waals surface area contributed by atoms with Crippen LogP contribution in [0, 0.1) is 5.92 Å². The van der Waals surface area contributed by atoms with Crippen molar-refractivity contribution in [1.29, 1.82) is 0 Å². The second-order valence-corrected chi connectivity index (χ2v) is 8.46. The van der Waals surface area contributed by atoms with Gasteiger partial charge in [0.05, 0.1) is 16.1 Å². The fraction of sp³-hybridized carbons (Fsp3) is 0.533. The van der Waals surface area contributed by atoms with E-state index in [-0.39, 0.29) is 10.3 Å². The first-order valence-corrected chi connectivity index (χ1v) is 8.10. The van der Waals surface area contributed by atoms with Gasteiger partial charge in [0, 0.05) is 0 Å². The maximum atomic E-state index is 12.4. The molecule has 0 saturated carbocycles. The molecule has 20 heavy (non-hydrogen) atoms. The highest BCUT2D eigenvalue weighted by atomic mass is 32.2.